The predicted molar refractivity (Wildman–Crippen MR) is 125 cm³/mol. The SMILES string of the molecule is C[Si](C)(c1ccc(O)cc1)[Si](C)(C)[Si](C)(C)[Si](C)(C)c1ccc(O)cc1. The summed E-state index contributed by atoms with van der Waals surface area (Å²) >= 11 is 0. The van der Waals surface area contributed by atoms with Crippen molar-refractivity contribution in [3.63, 3.8) is 0 Å². The van der Waals surface area contributed by atoms with E-state index < -0.39 is 29.4 Å². The highest BCUT2D eigenvalue weighted by molar-refractivity contribution is 7.85. The van der Waals surface area contributed by atoms with Crippen LogP contribution in [0, 0.1) is 0 Å². The predicted octanol–water partition coefficient (Wildman–Crippen LogP) is 4.28. The standard InChI is InChI=1S/C20H34O2Si4/c1-23(2,19-13-9-17(21)10-14-19)25(5,6)26(7,8)24(3,4)20-15-11-18(22)12-16-20/h9-16,21-22H,1-8H3. The minimum Gasteiger partial charge on any atom is -0.508 e. The van der Waals surface area contributed by atoms with E-state index in [9.17, 15) is 10.2 Å². The van der Waals surface area contributed by atoms with E-state index >= 15 is 0 Å². The molecule has 0 aliphatic carbocycles. The van der Waals surface area contributed by atoms with Crippen molar-refractivity contribution in [3.05, 3.63) is 48.5 Å². The number of aromatic hydroxyl groups is 2. The Morgan fingerprint density at radius 3 is 0.923 bits per heavy atom. The molecule has 0 spiro atoms. The smallest absolute Gasteiger partial charge is 0.115 e. The van der Waals surface area contributed by atoms with Crippen LogP contribution in [-0.4, -0.2) is 39.6 Å². The summed E-state index contributed by atoms with van der Waals surface area (Å²) in [6.45, 7) is 20.7. The number of phenolic OH excluding ortho intramolecular Hbond substituents is 2. The van der Waals surface area contributed by atoms with Gasteiger partial charge in [0.25, 0.3) is 0 Å². The van der Waals surface area contributed by atoms with Crippen LogP contribution in [0.25, 0.3) is 0 Å². The van der Waals surface area contributed by atoms with Crippen LogP contribution in [0.1, 0.15) is 0 Å². The molecule has 2 aromatic rings. The lowest BCUT2D eigenvalue weighted by Gasteiger charge is -2.55. The van der Waals surface area contributed by atoms with Gasteiger partial charge in [0.2, 0.25) is 0 Å². The second kappa shape index (κ2) is 6.81. The molecular formula is C20H34O2Si4. The maximum Gasteiger partial charge on any atom is 0.115 e. The third kappa shape index (κ3) is 3.28. The molecule has 0 amide bonds. The molecule has 0 atom stereocenters. The van der Waals surface area contributed by atoms with Crippen molar-refractivity contribution in [2.45, 2.75) is 52.4 Å². The lowest BCUT2D eigenvalue weighted by Crippen LogP contribution is -2.84. The fraction of sp³-hybridized carbons (Fsp3) is 0.400. The molecule has 0 heterocycles. The summed E-state index contributed by atoms with van der Waals surface area (Å²) in [6, 6.07) is 16.1. The van der Waals surface area contributed by atoms with Gasteiger partial charge in [-0.1, -0.05) is 87.0 Å². The lowest BCUT2D eigenvalue weighted by molar-refractivity contribution is 0.475. The van der Waals surface area contributed by atoms with Crippen LogP contribution >= 0.6 is 0 Å². The number of hydrogen-bond donors (Lipinski definition) is 2. The molecule has 0 fully saturated rings. The van der Waals surface area contributed by atoms with Crippen LogP contribution in [0.4, 0.5) is 0 Å². The number of benzene rings is 2. The average molecular weight is 419 g/mol. The normalized spacial score (nSPS) is 13.7. The molecule has 0 aliphatic heterocycles. The molecule has 0 saturated heterocycles. The molecule has 2 nitrogen and oxygen atoms in total. The second-order valence-corrected chi connectivity index (χ2v) is 49.2. The van der Waals surface area contributed by atoms with Crippen LogP contribution in [0.5, 0.6) is 11.5 Å². The Morgan fingerprint density at radius 1 is 0.462 bits per heavy atom. The lowest BCUT2D eigenvalue weighted by atomic mass is 10.3. The van der Waals surface area contributed by atoms with E-state index in [0.717, 1.165) is 0 Å². The summed E-state index contributed by atoms with van der Waals surface area (Å²) in [6.07, 6.45) is 0. The van der Waals surface area contributed by atoms with E-state index in [2.05, 4.69) is 76.6 Å². The highest BCUT2D eigenvalue weighted by Crippen LogP contribution is 2.35. The van der Waals surface area contributed by atoms with Crippen molar-refractivity contribution < 1.29 is 10.2 Å². The van der Waals surface area contributed by atoms with Crippen LogP contribution < -0.4 is 10.4 Å². The zero-order valence-electron chi connectivity index (χ0n) is 17.5. The van der Waals surface area contributed by atoms with E-state index in [1.54, 1.807) is 0 Å². The van der Waals surface area contributed by atoms with Gasteiger partial charge in [0.05, 0.1) is 15.2 Å². The molecule has 26 heavy (non-hydrogen) atoms. The van der Waals surface area contributed by atoms with Crippen LogP contribution in [0.3, 0.4) is 0 Å². The first kappa shape index (κ1) is 21.2. The summed E-state index contributed by atoms with van der Waals surface area (Å²) in [7, 11) is -6.39. The Hall–Kier alpha value is -1.09. The zero-order valence-corrected chi connectivity index (χ0v) is 21.5. The van der Waals surface area contributed by atoms with Gasteiger partial charge in [-0.05, 0) is 24.3 Å². The van der Waals surface area contributed by atoms with Crippen molar-refractivity contribution in [1.29, 1.82) is 0 Å². The second-order valence-electron chi connectivity index (χ2n) is 9.59. The highest BCUT2D eigenvalue weighted by atomic mass is 29.8. The molecule has 0 aromatic heterocycles. The Labute approximate surface area is 162 Å². The molecule has 2 N–H and O–H groups in total. The maximum atomic E-state index is 9.71. The van der Waals surface area contributed by atoms with Gasteiger partial charge in [-0.3, -0.25) is 0 Å². The van der Waals surface area contributed by atoms with Crippen molar-refractivity contribution in [2.24, 2.45) is 0 Å². The molecule has 2 rings (SSSR count). The summed E-state index contributed by atoms with van der Waals surface area (Å²) < 4.78 is 0. The molecule has 0 saturated carbocycles. The first-order valence-electron chi connectivity index (χ1n) is 9.34. The molecule has 0 bridgehead atoms. The molecule has 0 radical (unpaired) electrons. The van der Waals surface area contributed by atoms with Crippen molar-refractivity contribution in [3.8, 4) is 11.5 Å². The van der Waals surface area contributed by atoms with Gasteiger partial charge in [0, 0.05) is 14.2 Å². The maximum absolute atomic E-state index is 9.71. The van der Waals surface area contributed by atoms with Gasteiger partial charge in [-0.2, -0.15) is 0 Å². The molecule has 0 unspecified atom stereocenters. The summed E-state index contributed by atoms with van der Waals surface area (Å²) in [5.41, 5.74) is 0. The summed E-state index contributed by atoms with van der Waals surface area (Å²) in [5.74, 6) is 0.710. The van der Waals surface area contributed by atoms with Gasteiger partial charge in [-0.15, -0.1) is 0 Å². The number of rotatable bonds is 5. The summed E-state index contributed by atoms with van der Waals surface area (Å²) in [4.78, 5) is 0. The Morgan fingerprint density at radius 2 is 0.692 bits per heavy atom. The van der Waals surface area contributed by atoms with Gasteiger partial charge >= 0.3 is 0 Å². The Balaban J connectivity index is 2.53. The minimum absolute atomic E-state index is 0.355. The van der Waals surface area contributed by atoms with Gasteiger partial charge < -0.3 is 10.2 Å². The van der Waals surface area contributed by atoms with Crippen LogP contribution in [0.15, 0.2) is 48.5 Å². The van der Waals surface area contributed by atoms with Gasteiger partial charge in [-0.25, -0.2) is 0 Å². The number of phenols is 2. The van der Waals surface area contributed by atoms with E-state index in [1.807, 2.05) is 24.3 Å². The molecule has 0 aliphatic rings. The largest absolute Gasteiger partial charge is 0.508 e. The third-order valence-corrected chi connectivity index (χ3v) is 75.4. The average Bonchev–Trinajstić information content (AvgIpc) is 2.55. The van der Waals surface area contributed by atoms with Crippen molar-refractivity contribution in [2.75, 3.05) is 0 Å². The van der Waals surface area contributed by atoms with E-state index in [4.69, 9.17) is 0 Å². The minimum atomic E-state index is -1.64. The van der Waals surface area contributed by atoms with Crippen molar-refractivity contribution in [1.82, 2.24) is 0 Å². The fourth-order valence-corrected chi connectivity index (χ4v) is 72.9. The number of hydrogen-bond acceptors (Lipinski definition) is 2. The zero-order chi connectivity index (χ0) is 20.0. The Kier molecular flexibility index (Phi) is 5.56. The molecule has 2 aromatic carbocycles. The molecular weight excluding hydrogens is 385 g/mol. The highest BCUT2D eigenvalue weighted by Gasteiger charge is 2.59. The van der Waals surface area contributed by atoms with Gasteiger partial charge in [0.1, 0.15) is 11.5 Å². The van der Waals surface area contributed by atoms with E-state index in [0.29, 0.717) is 11.5 Å². The molecule has 6 heteroatoms. The first-order chi connectivity index (χ1) is 11.7. The Bertz CT molecular complexity index is 696. The van der Waals surface area contributed by atoms with E-state index in [1.165, 1.54) is 10.4 Å². The molecule has 142 valence electrons. The quantitative estimate of drug-likeness (QED) is 0.711. The van der Waals surface area contributed by atoms with Crippen molar-refractivity contribution >= 4 is 39.8 Å². The monoisotopic (exact) mass is 418 g/mol. The topological polar surface area (TPSA) is 40.5 Å². The third-order valence-electron chi connectivity index (χ3n) is 7.87. The van der Waals surface area contributed by atoms with Crippen LogP contribution in [-0.2, 0) is 0 Å². The van der Waals surface area contributed by atoms with Gasteiger partial charge in [0.15, 0.2) is 0 Å². The summed E-state index contributed by atoms with van der Waals surface area (Å²) in [5, 5.41) is 22.4. The first-order valence-corrected chi connectivity index (χ1v) is 24.3. The van der Waals surface area contributed by atoms with Crippen LogP contribution in [0.2, 0.25) is 52.4 Å². The van der Waals surface area contributed by atoms with E-state index in [-0.39, 0.29) is 0 Å². The fourth-order valence-electron chi connectivity index (χ4n) is 4.04.